The topological polar surface area (TPSA) is 120 Å². The van der Waals surface area contributed by atoms with Crippen LogP contribution in [0.3, 0.4) is 0 Å². The van der Waals surface area contributed by atoms with E-state index in [1.165, 1.54) is 0 Å². The zero-order valence-electron chi connectivity index (χ0n) is 21.9. The Labute approximate surface area is 205 Å². The number of rotatable bonds is 9. The van der Waals surface area contributed by atoms with Crippen molar-refractivity contribution in [3.8, 4) is 0 Å². The fraction of sp³-hybridized carbons (Fsp3) is 1.00. The van der Waals surface area contributed by atoms with Crippen LogP contribution in [0.15, 0.2) is 0 Å². The van der Waals surface area contributed by atoms with Crippen LogP contribution in [0.2, 0.25) is 0 Å². The van der Waals surface area contributed by atoms with E-state index < -0.39 is 39.6 Å². The molecule has 0 aromatic heterocycles. The molecule has 10 heteroatoms. The Morgan fingerprint density at radius 3 is 0.677 bits per heavy atom. The van der Waals surface area contributed by atoms with Crippen LogP contribution in [-0.4, -0.2) is 32.8 Å². The molecule has 0 rings (SSSR count). The molecule has 3 atom stereocenters. The summed E-state index contributed by atoms with van der Waals surface area (Å²) in [5.74, 6) is 1.37. The molecule has 0 aliphatic rings. The quantitative estimate of drug-likeness (QED) is 0.327. The molecule has 0 heterocycles. The van der Waals surface area contributed by atoms with Gasteiger partial charge in [0, 0.05) is 39.6 Å². The van der Waals surface area contributed by atoms with E-state index >= 15 is 0 Å². The van der Waals surface area contributed by atoms with Crippen LogP contribution in [-0.2, 0) is 13.7 Å². The second kappa shape index (κ2) is 17.5. The van der Waals surface area contributed by atoms with Gasteiger partial charge in [-0.25, -0.2) is 0 Å². The summed E-state index contributed by atoms with van der Waals surface area (Å²) in [5.41, 5.74) is 0. The minimum Gasteiger partial charge on any atom is -0.801 e. The molecule has 0 bridgehead atoms. The Balaban J connectivity index is -0.000000174. The van der Waals surface area contributed by atoms with Crippen LogP contribution in [0, 0.1) is 17.8 Å². The van der Waals surface area contributed by atoms with Crippen molar-refractivity contribution < 1.29 is 28.4 Å². The van der Waals surface area contributed by atoms with E-state index in [0.717, 1.165) is 19.3 Å². The fourth-order valence-electron chi connectivity index (χ4n) is 3.31. The summed E-state index contributed by atoms with van der Waals surface area (Å²) in [7, 11) is -7.82. The SMILES string of the molecule is CC(C)CC(C)(C)[PH](=O)[O-].CC(C)CC(C)(C)[PH](=O)[O-].CC(C)CC(C)(C)[PH](=O)[O-].[Al+3]. The molecule has 0 N–H and O–H groups in total. The summed E-state index contributed by atoms with van der Waals surface area (Å²) >= 11 is 0. The van der Waals surface area contributed by atoms with E-state index in [4.69, 9.17) is 0 Å². The van der Waals surface area contributed by atoms with Gasteiger partial charge in [-0.15, -0.1) is 0 Å². The van der Waals surface area contributed by atoms with Gasteiger partial charge in [0.15, 0.2) is 0 Å². The molecule has 0 radical (unpaired) electrons. The molecule has 186 valence electrons. The molecule has 0 aliphatic heterocycles. The third kappa shape index (κ3) is 22.7. The van der Waals surface area contributed by atoms with Crippen molar-refractivity contribution in [3.05, 3.63) is 0 Å². The first-order chi connectivity index (χ1) is 13.1. The monoisotopic (exact) mass is 516 g/mol. The Kier molecular flexibility index (Phi) is 22.2. The third-order valence-corrected chi connectivity index (χ3v) is 8.34. The molecule has 0 aliphatic carbocycles. The van der Waals surface area contributed by atoms with E-state index in [2.05, 4.69) is 0 Å². The smallest absolute Gasteiger partial charge is 0.801 e. The molecular weight excluding hydrogens is 468 g/mol. The summed E-state index contributed by atoms with van der Waals surface area (Å²) in [5, 5.41) is -1.46. The molecule has 0 fully saturated rings. The molecule has 31 heavy (non-hydrogen) atoms. The maximum atomic E-state index is 10.6. The summed E-state index contributed by atoms with van der Waals surface area (Å²) in [6.07, 6.45) is 2.27. The fourth-order valence-corrected chi connectivity index (χ4v) is 5.04. The van der Waals surface area contributed by atoms with Crippen LogP contribution >= 0.6 is 24.1 Å². The van der Waals surface area contributed by atoms with E-state index in [0.29, 0.717) is 17.8 Å². The first-order valence-corrected chi connectivity index (χ1v) is 14.7. The minimum atomic E-state index is -2.61. The van der Waals surface area contributed by atoms with Crippen molar-refractivity contribution in [2.75, 3.05) is 0 Å². The van der Waals surface area contributed by atoms with Gasteiger partial charge in [0.2, 0.25) is 0 Å². The third-order valence-electron chi connectivity index (χ3n) is 4.41. The van der Waals surface area contributed by atoms with E-state index in [1.54, 1.807) is 41.5 Å². The van der Waals surface area contributed by atoms with Crippen molar-refractivity contribution in [1.29, 1.82) is 0 Å². The van der Waals surface area contributed by atoms with Crippen LogP contribution in [0.5, 0.6) is 0 Å². The van der Waals surface area contributed by atoms with Crippen LogP contribution in [0.1, 0.15) is 102 Å². The number of hydrogen-bond acceptors (Lipinski definition) is 6. The average Bonchev–Trinajstić information content (AvgIpc) is 2.43. The molecule has 6 nitrogen and oxygen atoms in total. The van der Waals surface area contributed by atoms with Crippen molar-refractivity contribution in [3.63, 3.8) is 0 Å². The minimum absolute atomic E-state index is 0. The summed E-state index contributed by atoms with van der Waals surface area (Å²) in [6, 6.07) is 0. The first-order valence-electron chi connectivity index (χ1n) is 10.7. The van der Waals surface area contributed by atoms with Crippen molar-refractivity contribution in [2.45, 2.75) is 118 Å². The Hall–Kier alpha value is 1.10. The second-order valence-corrected chi connectivity index (χ2v) is 17.1. The van der Waals surface area contributed by atoms with Gasteiger partial charge in [0.05, 0.1) is 0 Å². The maximum Gasteiger partial charge on any atom is 3.00 e. The standard InChI is InChI=1S/3C7H17O2P.Al/c3*1-6(2)5-7(3,4)10(8)9;/h3*6,10H,5H2,1-4H3,(H,8,9);/q;;;+3/p-3. The van der Waals surface area contributed by atoms with E-state index in [-0.39, 0.29) is 17.4 Å². The molecule has 0 amide bonds. The normalized spacial score (nSPS) is 15.3. The Bertz CT molecular complexity index is 471. The predicted molar refractivity (Wildman–Crippen MR) is 133 cm³/mol. The molecule has 0 aromatic rings. The van der Waals surface area contributed by atoms with Crippen LogP contribution < -0.4 is 14.7 Å². The van der Waals surface area contributed by atoms with Gasteiger partial charge < -0.3 is 28.4 Å². The largest absolute Gasteiger partial charge is 3.00 e. The summed E-state index contributed by atoms with van der Waals surface area (Å²) in [6.45, 7) is 22.9. The van der Waals surface area contributed by atoms with Gasteiger partial charge in [-0.3, -0.25) is 0 Å². The van der Waals surface area contributed by atoms with Crippen LogP contribution in [0.4, 0.5) is 0 Å². The Morgan fingerprint density at radius 1 is 0.516 bits per heavy atom. The zero-order chi connectivity index (χ0) is 25.1. The van der Waals surface area contributed by atoms with E-state index in [1.807, 2.05) is 41.5 Å². The molecule has 0 saturated carbocycles. The van der Waals surface area contributed by atoms with Gasteiger partial charge >= 0.3 is 17.4 Å². The first kappa shape index (κ1) is 39.3. The van der Waals surface area contributed by atoms with Gasteiger partial charge in [0.25, 0.3) is 0 Å². The van der Waals surface area contributed by atoms with Gasteiger partial charge in [-0.2, -0.15) is 0 Å². The van der Waals surface area contributed by atoms with Gasteiger partial charge in [0.1, 0.15) is 0 Å². The molecule has 0 aromatic carbocycles. The summed E-state index contributed by atoms with van der Waals surface area (Å²) in [4.78, 5) is 31.9. The second-order valence-electron chi connectivity index (χ2n) is 11.3. The number of hydrogen-bond donors (Lipinski definition) is 0. The van der Waals surface area contributed by atoms with Gasteiger partial charge in [-0.1, -0.05) is 83.1 Å². The Morgan fingerprint density at radius 2 is 0.645 bits per heavy atom. The molecular formula is C21H48AlO6P3. The molecule has 0 saturated heterocycles. The molecule has 3 unspecified atom stereocenters. The maximum absolute atomic E-state index is 10.6. The van der Waals surface area contributed by atoms with Crippen molar-refractivity contribution in [1.82, 2.24) is 0 Å². The predicted octanol–water partition coefficient (Wildman–Crippen LogP) is 4.56. The van der Waals surface area contributed by atoms with E-state index in [9.17, 15) is 28.4 Å². The average molecular weight is 517 g/mol. The van der Waals surface area contributed by atoms with Gasteiger partial charge in [-0.05, 0) is 37.0 Å². The van der Waals surface area contributed by atoms with Crippen LogP contribution in [0.25, 0.3) is 0 Å². The van der Waals surface area contributed by atoms with Crippen molar-refractivity contribution >= 4 is 41.4 Å². The summed E-state index contributed by atoms with van der Waals surface area (Å²) < 4.78 is 31.9. The molecule has 0 spiro atoms. The van der Waals surface area contributed by atoms with Crippen molar-refractivity contribution in [2.24, 2.45) is 17.8 Å². The zero-order valence-corrected chi connectivity index (χ0v) is 26.0.